The van der Waals surface area contributed by atoms with Crippen LogP contribution in [0.25, 0.3) is 10.6 Å². The average Bonchev–Trinajstić information content (AvgIpc) is 3.58. The van der Waals surface area contributed by atoms with Gasteiger partial charge in [-0.15, -0.1) is 11.3 Å². The Kier molecular flexibility index (Phi) is 8.94. The highest BCUT2D eigenvalue weighted by molar-refractivity contribution is 7.89. The minimum atomic E-state index is -3.65. The fourth-order valence-corrected chi connectivity index (χ4v) is 6.93. The number of rotatable bonds is 12. The average molecular weight is 514 g/mol. The first-order chi connectivity index (χ1) is 17.0. The smallest absolute Gasteiger partial charge is 0.243 e. The van der Waals surface area contributed by atoms with Crippen LogP contribution >= 0.6 is 11.3 Å². The largest absolute Gasteiger partial charge is 0.497 e. The molecule has 2 aromatic carbocycles. The molecule has 0 atom stereocenters. The number of aromatic nitrogens is 1. The summed E-state index contributed by atoms with van der Waals surface area (Å²) in [6.45, 7) is 4.38. The molecule has 1 fully saturated rings. The van der Waals surface area contributed by atoms with E-state index in [-0.39, 0.29) is 12.6 Å². The normalized spacial score (nSPS) is 14.6. The summed E-state index contributed by atoms with van der Waals surface area (Å²) in [6.07, 6.45) is 6.27. The van der Waals surface area contributed by atoms with E-state index in [1.54, 1.807) is 47.0 Å². The van der Waals surface area contributed by atoms with Crippen LogP contribution in [-0.4, -0.2) is 37.4 Å². The molecule has 0 amide bonds. The summed E-state index contributed by atoms with van der Waals surface area (Å²) in [6, 6.07) is 15.1. The van der Waals surface area contributed by atoms with Crippen molar-refractivity contribution < 1.29 is 13.2 Å². The van der Waals surface area contributed by atoms with Crippen LogP contribution in [0.3, 0.4) is 0 Å². The minimum absolute atomic E-state index is 0.00624. The molecule has 1 aliphatic carbocycles. The summed E-state index contributed by atoms with van der Waals surface area (Å²) in [5.74, 6) is 0.642. The number of nitrogens with one attached hydrogen (secondary N) is 1. The Bertz CT molecular complexity index is 1170. The van der Waals surface area contributed by atoms with Gasteiger partial charge in [0.05, 0.1) is 24.2 Å². The van der Waals surface area contributed by atoms with Gasteiger partial charge in [-0.25, -0.2) is 13.4 Å². The van der Waals surface area contributed by atoms with Crippen molar-refractivity contribution in [3.63, 3.8) is 0 Å². The van der Waals surface area contributed by atoms with Gasteiger partial charge in [0.25, 0.3) is 0 Å². The van der Waals surface area contributed by atoms with Crippen molar-refractivity contribution in [2.45, 2.75) is 69.5 Å². The number of methoxy groups -OCH3 is 1. The fourth-order valence-electron chi connectivity index (χ4n) is 4.46. The topological polar surface area (TPSA) is 71.5 Å². The summed E-state index contributed by atoms with van der Waals surface area (Å²) in [7, 11) is -2.07. The summed E-state index contributed by atoms with van der Waals surface area (Å²) in [5, 5.41) is 6.37. The van der Waals surface area contributed by atoms with Crippen LogP contribution in [0.15, 0.2) is 58.8 Å². The third-order valence-electron chi connectivity index (χ3n) is 6.50. The Labute approximate surface area is 213 Å². The minimum Gasteiger partial charge on any atom is -0.497 e. The van der Waals surface area contributed by atoms with Gasteiger partial charge in [0.2, 0.25) is 10.0 Å². The van der Waals surface area contributed by atoms with Gasteiger partial charge in [-0.3, -0.25) is 0 Å². The van der Waals surface area contributed by atoms with Gasteiger partial charge < -0.3 is 10.1 Å². The zero-order valence-electron chi connectivity index (χ0n) is 20.6. The fraction of sp³-hybridized carbons (Fsp3) is 0.444. The van der Waals surface area contributed by atoms with E-state index in [0.717, 1.165) is 55.0 Å². The monoisotopic (exact) mass is 513 g/mol. The second-order valence-electron chi connectivity index (χ2n) is 9.04. The van der Waals surface area contributed by atoms with Gasteiger partial charge in [-0.2, -0.15) is 4.31 Å². The van der Waals surface area contributed by atoms with Crippen molar-refractivity contribution in [3.8, 4) is 16.3 Å². The van der Waals surface area contributed by atoms with Crippen molar-refractivity contribution in [2.75, 3.05) is 13.7 Å². The lowest BCUT2D eigenvalue weighted by Crippen LogP contribution is -2.38. The molecule has 35 heavy (non-hydrogen) atoms. The van der Waals surface area contributed by atoms with E-state index in [2.05, 4.69) is 36.5 Å². The molecule has 188 valence electrons. The van der Waals surface area contributed by atoms with Crippen molar-refractivity contribution in [1.82, 2.24) is 14.6 Å². The van der Waals surface area contributed by atoms with Crippen LogP contribution in [0.5, 0.6) is 5.75 Å². The Morgan fingerprint density at radius 2 is 1.80 bits per heavy atom. The Morgan fingerprint density at radius 1 is 1.09 bits per heavy atom. The quantitative estimate of drug-likeness (QED) is 0.308. The van der Waals surface area contributed by atoms with Crippen LogP contribution in [-0.2, 0) is 23.1 Å². The molecule has 0 radical (unpaired) electrons. The predicted octanol–water partition coefficient (Wildman–Crippen LogP) is 5.84. The van der Waals surface area contributed by atoms with Gasteiger partial charge in [0.1, 0.15) is 10.8 Å². The van der Waals surface area contributed by atoms with E-state index in [9.17, 15) is 8.42 Å². The second kappa shape index (κ2) is 12.1. The van der Waals surface area contributed by atoms with Crippen LogP contribution in [0.1, 0.15) is 56.7 Å². The molecule has 1 aliphatic rings. The molecule has 6 nitrogen and oxygen atoms in total. The van der Waals surface area contributed by atoms with Crippen molar-refractivity contribution in [1.29, 1.82) is 0 Å². The second-order valence-corrected chi connectivity index (χ2v) is 11.8. The molecular formula is C27H35N3O3S2. The van der Waals surface area contributed by atoms with E-state index in [1.807, 2.05) is 5.38 Å². The lowest BCUT2D eigenvalue weighted by molar-refractivity contribution is 0.313. The first-order valence-electron chi connectivity index (χ1n) is 12.4. The lowest BCUT2D eigenvalue weighted by atomic mass is 10.1. The zero-order valence-corrected chi connectivity index (χ0v) is 22.2. The summed E-state index contributed by atoms with van der Waals surface area (Å²) < 4.78 is 34.1. The van der Waals surface area contributed by atoms with Crippen LogP contribution in [0.2, 0.25) is 0 Å². The Hall–Kier alpha value is -2.26. The third kappa shape index (κ3) is 6.50. The molecule has 0 saturated heterocycles. The highest BCUT2D eigenvalue weighted by Crippen LogP contribution is 2.32. The lowest BCUT2D eigenvalue weighted by Gasteiger charge is -2.27. The van der Waals surface area contributed by atoms with E-state index >= 15 is 0 Å². The van der Waals surface area contributed by atoms with Crippen molar-refractivity contribution in [3.05, 3.63) is 65.2 Å². The number of hydrogen-bond acceptors (Lipinski definition) is 6. The van der Waals surface area contributed by atoms with Gasteiger partial charge in [0, 0.05) is 23.5 Å². The molecular weight excluding hydrogens is 478 g/mol. The number of benzene rings is 2. The van der Waals surface area contributed by atoms with E-state index in [0.29, 0.717) is 10.6 Å². The molecule has 1 saturated carbocycles. The number of nitrogens with zero attached hydrogens (tertiary/aromatic N) is 2. The summed E-state index contributed by atoms with van der Waals surface area (Å²) in [4.78, 5) is 5.11. The summed E-state index contributed by atoms with van der Waals surface area (Å²) >= 11 is 1.56. The predicted molar refractivity (Wildman–Crippen MR) is 142 cm³/mol. The van der Waals surface area contributed by atoms with Crippen molar-refractivity contribution >= 4 is 21.4 Å². The van der Waals surface area contributed by atoms with E-state index < -0.39 is 10.0 Å². The third-order valence-corrected chi connectivity index (χ3v) is 9.36. The molecule has 0 bridgehead atoms. The van der Waals surface area contributed by atoms with Crippen molar-refractivity contribution in [2.24, 2.45) is 0 Å². The number of sulfonamides is 1. The molecule has 0 unspecified atom stereocenters. The van der Waals surface area contributed by atoms with Gasteiger partial charge in [-0.05, 0) is 55.6 Å². The number of unbranched alkanes of at least 4 members (excludes halogenated alkanes) is 1. The first-order valence-corrected chi connectivity index (χ1v) is 14.7. The van der Waals surface area contributed by atoms with Gasteiger partial charge in [0.15, 0.2) is 0 Å². The molecule has 8 heteroatoms. The number of thiazole rings is 1. The Morgan fingerprint density at radius 3 is 2.46 bits per heavy atom. The maximum atomic E-state index is 13.6. The highest BCUT2D eigenvalue weighted by atomic mass is 32.2. The standard InChI is InChI=1S/C27H35N3O3S2/c1-3-4-17-28-18-21-9-11-22(12-10-21)27-29-23(20-34-27)19-30(24-7-5-6-8-24)35(31,32)26-15-13-25(33-2)14-16-26/h9-16,20,24,28H,3-8,17-19H2,1-2H3. The van der Waals surface area contributed by atoms with Gasteiger partial charge >= 0.3 is 0 Å². The zero-order chi connectivity index (χ0) is 24.7. The van der Waals surface area contributed by atoms with E-state index in [1.165, 1.54) is 18.4 Å². The Balaban J connectivity index is 1.49. The first kappa shape index (κ1) is 25.8. The number of ether oxygens (including phenoxy) is 1. The number of hydrogen-bond donors (Lipinski definition) is 1. The van der Waals surface area contributed by atoms with Crippen LogP contribution in [0.4, 0.5) is 0 Å². The molecule has 1 N–H and O–H groups in total. The maximum absolute atomic E-state index is 13.6. The highest BCUT2D eigenvalue weighted by Gasteiger charge is 2.34. The van der Waals surface area contributed by atoms with Gasteiger partial charge in [-0.1, -0.05) is 50.5 Å². The summed E-state index contributed by atoms with van der Waals surface area (Å²) in [5.41, 5.74) is 3.10. The molecule has 1 aromatic heterocycles. The van der Waals surface area contributed by atoms with Crippen LogP contribution in [0, 0.1) is 0 Å². The molecule has 3 aromatic rings. The van der Waals surface area contributed by atoms with Crippen LogP contribution < -0.4 is 10.1 Å². The molecule has 4 rings (SSSR count). The SMILES string of the molecule is CCCCNCc1ccc(-c2nc(CN(C3CCCC3)S(=O)(=O)c3ccc(OC)cc3)cs2)cc1. The van der Waals surface area contributed by atoms with E-state index in [4.69, 9.17) is 9.72 Å². The molecule has 0 spiro atoms. The molecule has 0 aliphatic heterocycles. The maximum Gasteiger partial charge on any atom is 0.243 e. The molecule has 1 heterocycles.